The average Bonchev–Trinajstić information content (AvgIpc) is 3.08. The molecule has 0 spiro atoms. The minimum Gasteiger partial charge on any atom is -0.461 e. The van der Waals surface area contributed by atoms with Crippen LogP contribution in [-0.2, 0) is 9.53 Å². The Morgan fingerprint density at radius 2 is 1.47 bits per heavy atom. The summed E-state index contributed by atoms with van der Waals surface area (Å²) in [4.78, 5) is 12.4. The molecule has 0 bridgehead atoms. The first-order chi connectivity index (χ1) is 9.04. The smallest absolute Gasteiger partial charge is 0.311 e. The highest BCUT2D eigenvalue weighted by Gasteiger charge is 2.38. The molecule has 2 saturated carbocycles. The van der Waals surface area contributed by atoms with E-state index in [1.165, 1.54) is 51.4 Å². The summed E-state index contributed by atoms with van der Waals surface area (Å²) in [6, 6.07) is 0. The summed E-state index contributed by atoms with van der Waals surface area (Å²) in [6.07, 6.45) is 11.4. The number of carbonyl (C=O) groups is 1. The fourth-order valence-corrected chi connectivity index (χ4v) is 3.58. The normalized spacial score (nSPS) is 22.3. The van der Waals surface area contributed by atoms with Crippen LogP contribution in [-0.4, -0.2) is 12.1 Å². The number of hydrogen-bond acceptors (Lipinski definition) is 2. The topological polar surface area (TPSA) is 26.3 Å². The highest BCUT2D eigenvalue weighted by atomic mass is 16.5. The van der Waals surface area contributed by atoms with Crippen molar-refractivity contribution in [1.29, 1.82) is 0 Å². The Balaban J connectivity index is 2.02. The van der Waals surface area contributed by atoms with Crippen molar-refractivity contribution in [3.05, 3.63) is 0 Å². The Morgan fingerprint density at radius 3 is 1.84 bits per heavy atom. The number of ether oxygens (including phenoxy) is 1. The predicted molar refractivity (Wildman–Crippen MR) is 77.9 cm³/mol. The molecule has 0 aliphatic heterocycles. The molecule has 0 heterocycles. The van der Waals surface area contributed by atoms with Crippen molar-refractivity contribution in [1.82, 2.24) is 0 Å². The van der Waals surface area contributed by atoms with Crippen LogP contribution in [0.25, 0.3) is 0 Å². The molecule has 19 heavy (non-hydrogen) atoms. The molecule has 2 aliphatic carbocycles. The van der Waals surface area contributed by atoms with Crippen molar-refractivity contribution in [2.24, 2.45) is 17.3 Å². The van der Waals surface area contributed by atoms with Gasteiger partial charge in [0, 0.05) is 0 Å². The Kier molecular flexibility index (Phi) is 4.92. The first-order valence-electron chi connectivity index (χ1n) is 8.25. The van der Waals surface area contributed by atoms with Gasteiger partial charge in [0.2, 0.25) is 0 Å². The molecule has 0 amide bonds. The van der Waals surface area contributed by atoms with Gasteiger partial charge in [-0.25, -0.2) is 0 Å². The molecule has 2 heteroatoms. The van der Waals surface area contributed by atoms with E-state index in [1.807, 2.05) is 13.8 Å². The third-order valence-corrected chi connectivity index (χ3v) is 5.41. The zero-order valence-electron chi connectivity index (χ0n) is 12.9. The summed E-state index contributed by atoms with van der Waals surface area (Å²) >= 11 is 0. The molecule has 110 valence electrons. The van der Waals surface area contributed by atoms with E-state index in [9.17, 15) is 4.79 Å². The molecule has 0 aromatic rings. The molecular formula is C17H30O2. The van der Waals surface area contributed by atoms with E-state index in [0.29, 0.717) is 11.8 Å². The lowest BCUT2D eigenvalue weighted by Gasteiger charge is -2.32. The minimum atomic E-state index is -0.324. The molecule has 2 aliphatic rings. The van der Waals surface area contributed by atoms with Crippen molar-refractivity contribution < 1.29 is 9.53 Å². The maximum absolute atomic E-state index is 12.4. The predicted octanol–water partition coefficient (Wildman–Crippen LogP) is 4.71. The third kappa shape index (κ3) is 3.52. The van der Waals surface area contributed by atoms with Crippen molar-refractivity contribution in [2.45, 2.75) is 84.7 Å². The molecule has 0 N–H and O–H groups in total. The van der Waals surface area contributed by atoms with E-state index in [-0.39, 0.29) is 17.5 Å². The van der Waals surface area contributed by atoms with Crippen molar-refractivity contribution >= 4 is 5.97 Å². The second kappa shape index (κ2) is 6.28. The first-order valence-corrected chi connectivity index (χ1v) is 8.25. The van der Waals surface area contributed by atoms with Gasteiger partial charge >= 0.3 is 5.97 Å². The molecular weight excluding hydrogens is 236 g/mol. The van der Waals surface area contributed by atoms with E-state index in [4.69, 9.17) is 4.74 Å². The Hall–Kier alpha value is -0.530. The summed E-state index contributed by atoms with van der Waals surface area (Å²) in [6.45, 7) is 6.09. The lowest BCUT2D eigenvalue weighted by atomic mass is 9.86. The third-order valence-electron chi connectivity index (χ3n) is 5.41. The molecule has 0 unspecified atom stereocenters. The van der Waals surface area contributed by atoms with Crippen LogP contribution in [0.5, 0.6) is 0 Å². The number of esters is 1. The van der Waals surface area contributed by atoms with Gasteiger partial charge < -0.3 is 4.74 Å². The Bertz CT molecular complexity index is 280. The van der Waals surface area contributed by atoms with Gasteiger partial charge in [0.15, 0.2) is 0 Å². The summed E-state index contributed by atoms with van der Waals surface area (Å²) in [7, 11) is 0. The molecule has 0 saturated heterocycles. The molecule has 2 fully saturated rings. The van der Waals surface area contributed by atoms with E-state index in [2.05, 4.69) is 6.92 Å². The van der Waals surface area contributed by atoms with Gasteiger partial charge in [-0.05, 0) is 57.8 Å². The summed E-state index contributed by atoms with van der Waals surface area (Å²) in [5.41, 5.74) is -0.324. The SMILES string of the molecule is CCC(C)(C)C(=O)OC(C1CCCC1)C1CCCC1. The standard InChI is InChI=1S/C17H30O2/c1-4-17(2,3)16(18)19-15(13-9-5-6-10-13)14-11-7-8-12-14/h13-15H,4-12H2,1-3H3. The van der Waals surface area contributed by atoms with Crippen molar-refractivity contribution in [3.8, 4) is 0 Å². The highest BCUT2D eigenvalue weighted by molar-refractivity contribution is 5.76. The first kappa shape index (κ1) is 14.9. The highest BCUT2D eigenvalue weighted by Crippen LogP contribution is 2.40. The second-order valence-electron chi connectivity index (χ2n) is 7.20. The number of hydrogen-bond donors (Lipinski definition) is 0. The minimum absolute atomic E-state index is 0.0267. The van der Waals surface area contributed by atoms with Crippen LogP contribution >= 0.6 is 0 Å². The summed E-state index contributed by atoms with van der Waals surface area (Å²) in [5.74, 6) is 1.30. The van der Waals surface area contributed by atoms with Gasteiger partial charge in [-0.1, -0.05) is 32.6 Å². The molecule has 2 nitrogen and oxygen atoms in total. The molecule has 0 atom stereocenters. The molecule has 2 rings (SSSR count). The summed E-state index contributed by atoms with van der Waals surface area (Å²) < 4.78 is 6.04. The van der Waals surface area contributed by atoms with Gasteiger partial charge in [-0.2, -0.15) is 0 Å². The quantitative estimate of drug-likeness (QED) is 0.673. The van der Waals surface area contributed by atoms with Crippen LogP contribution in [0.2, 0.25) is 0 Å². The van der Waals surface area contributed by atoms with Crippen molar-refractivity contribution in [3.63, 3.8) is 0 Å². The van der Waals surface area contributed by atoms with E-state index >= 15 is 0 Å². The van der Waals surface area contributed by atoms with Crippen LogP contribution in [0, 0.1) is 17.3 Å². The zero-order chi connectivity index (χ0) is 13.9. The van der Waals surface area contributed by atoms with Gasteiger partial charge in [0.05, 0.1) is 5.41 Å². The average molecular weight is 266 g/mol. The lowest BCUT2D eigenvalue weighted by molar-refractivity contribution is -0.166. The van der Waals surface area contributed by atoms with E-state index in [0.717, 1.165) is 6.42 Å². The summed E-state index contributed by atoms with van der Waals surface area (Å²) in [5, 5.41) is 0. The largest absolute Gasteiger partial charge is 0.461 e. The Labute approximate surface area is 118 Å². The molecule has 0 aromatic carbocycles. The zero-order valence-corrected chi connectivity index (χ0v) is 12.9. The maximum Gasteiger partial charge on any atom is 0.311 e. The van der Waals surface area contributed by atoms with Gasteiger partial charge in [0.25, 0.3) is 0 Å². The lowest BCUT2D eigenvalue weighted by Crippen LogP contribution is -2.37. The van der Waals surface area contributed by atoms with Crippen molar-refractivity contribution in [2.75, 3.05) is 0 Å². The van der Waals surface area contributed by atoms with E-state index < -0.39 is 0 Å². The van der Waals surface area contributed by atoms with Gasteiger partial charge in [-0.3, -0.25) is 4.79 Å². The second-order valence-corrected chi connectivity index (χ2v) is 7.20. The van der Waals surface area contributed by atoms with Gasteiger partial charge in [-0.15, -0.1) is 0 Å². The fraction of sp³-hybridized carbons (Fsp3) is 0.941. The van der Waals surface area contributed by atoms with Crippen LogP contribution < -0.4 is 0 Å². The monoisotopic (exact) mass is 266 g/mol. The fourth-order valence-electron chi connectivity index (χ4n) is 3.58. The number of rotatable bonds is 5. The van der Waals surface area contributed by atoms with Crippen LogP contribution in [0.4, 0.5) is 0 Å². The Morgan fingerprint density at radius 1 is 1.05 bits per heavy atom. The van der Waals surface area contributed by atoms with Crippen LogP contribution in [0.3, 0.4) is 0 Å². The number of carbonyl (C=O) groups excluding carboxylic acids is 1. The van der Waals surface area contributed by atoms with Crippen LogP contribution in [0.15, 0.2) is 0 Å². The maximum atomic E-state index is 12.4. The van der Waals surface area contributed by atoms with Crippen LogP contribution in [0.1, 0.15) is 78.6 Å². The van der Waals surface area contributed by atoms with Gasteiger partial charge in [0.1, 0.15) is 6.10 Å². The molecule has 0 radical (unpaired) electrons. The molecule has 0 aromatic heterocycles. The van der Waals surface area contributed by atoms with E-state index in [1.54, 1.807) is 0 Å².